The Morgan fingerprint density at radius 1 is 1.00 bits per heavy atom. The maximum atomic E-state index is 13.6. The van der Waals surface area contributed by atoms with Gasteiger partial charge in [0.2, 0.25) is 5.82 Å². The Bertz CT molecular complexity index is 1390. The van der Waals surface area contributed by atoms with Gasteiger partial charge < -0.3 is 0 Å². The number of thiazole rings is 1. The van der Waals surface area contributed by atoms with Crippen molar-refractivity contribution in [2.75, 3.05) is 4.90 Å². The highest BCUT2D eigenvalue weighted by molar-refractivity contribution is 7.22. The van der Waals surface area contributed by atoms with Crippen LogP contribution in [0.4, 0.5) is 10.8 Å². The molecule has 0 spiro atoms. The highest BCUT2D eigenvalue weighted by Crippen LogP contribution is 2.35. The Hall–Kier alpha value is -3.65. The number of hydrogen-bond donors (Lipinski definition) is 0. The number of anilines is 2. The molecule has 0 fully saturated rings. The number of hydrogen-bond acceptors (Lipinski definition) is 6. The normalized spacial score (nSPS) is 11.3. The summed E-state index contributed by atoms with van der Waals surface area (Å²) in [6.07, 6.45) is 1.66. The van der Waals surface area contributed by atoms with E-state index in [0.29, 0.717) is 10.9 Å². The molecule has 5 rings (SSSR count). The lowest BCUT2D eigenvalue weighted by atomic mass is 10.1. The third kappa shape index (κ3) is 3.02. The molecule has 0 radical (unpaired) electrons. The largest absolute Gasteiger partial charge is 0.304 e. The van der Waals surface area contributed by atoms with Gasteiger partial charge in [0.05, 0.1) is 15.9 Å². The standard InChI is InChI=1S/C22H18N6OS/c1-13-8-9-16(12-14(13)2)27(22-24-17-6-4-5-7-18(17)30-22)20(29)19-25-21-23-11-10-15(3)28(21)26-19/h4-12H,1-3H3. The Balaban J connectivity index is 1.68. The summed E-state index contributed by atoms with van der Waals surface area (Å²) in [5.74, 6) is 0.124. The number of nitrogens with zero attached hydrogens (tertiary/aromatic N) is 6. The van der Waals surface area contributed by atoms with Crippen molar-refractivity contribution < 1.29 is 4.79 Å². The molecule has 2 aromatic carbocycles. The minimum atomic E-state index is -0.345. The molecule has 3 aromatic heterocycles. The smallest absolute Gasteiger partial charge is 0.264 e. The first-order valence-electron chi connectivity index (χ1n) is 9.47. The molecule has 0 saturated carbocycles. The number of rotatable bonds is 3. The van der Waals surface area contributed by atoms with E-state index >= 15 is 0 Å². The summed E-state index contributed by atoms with van der Waals surface area (Å²) in [5, 5.41) is 4.98. The summed E-state index contributed by atoms with van der Waals surface area (Å²) in [4.78, 5) is 28.5. The monoisotopic (exact) mass is 414 g/mol. The zero-order valence-electron chi connectivity index (χ0n) is 16.7. The van der Waals surface area contributed by atoms with E-state index in [4.69, 9.17) is 4.98 Å². The summed E-state index contributed by atoms with van der Waals surface area (Å²) in [6.45, 7) is 5.96. The molecular formula is C22H18N6OS. The van der Waals surface area contributed by atoms with Crippen LogP contribution in [0, 0.1) is 20.8 Å². The zero-order valence-corrected chi connectivity index (χ0v) is 17.5. The van der Waals surface area contributed by atoms with Gasteiger partial charge in [0, 0.05) is 11.9 Å². The van der Waals surface area contributed by atoms with E-state index in [1.54, 1.807) is 15.6 Å². The summed E-state index contributed by atoms with van der Waals surface area (Å²) >= 11 is 1.46. The van der Waals surface area contributed by atoms with Crippen molar-refractivity contribution in [1.82, 2.24) is 24.6 Å². The quantitative estimate of drug-likeness (QED) is 0.430. The highest BCUT2D eigenvalue weighted by Gasteiger charge is 2.27. The van der Waals surface area contributed by atoms with Crippen molar-refractivity contribution in [1.29, 1.82) is 0 Å². The number of aryl methyl sites for hydroxylation is 3. The Kier molecular flexibility index (Phi) is 4.29. The first kappa shape index (κ1) is 18.4. The summed E-state index contributed by atoms with van der Waals surface area (Å²) in [7, 11) is 0. The van der Waals surface area contributed by atoms with E-state index in [9.17, 15) is 4.79 Å². The fourth-order valence-corrected chi connectivity index (χ4v) is 4.22. The molecule has 0 unspecified atom stereocenters. The SMILES string of the molecule is Cc1ccc(N(C(=O)c2nc3nccc(C)n3n2)c2nc3ccccc3s2)cc1C. The predicted molar refractivity (Wildman–Crippen MR) is 118 cm³/mol. The fourth-order valence-electron chi connectivity index (χ4n) is 3.23. The van der Waals surface area contributed by atoms with Gasteiger partial charge in [-0.1, -0.05) is 29.5 Å². The van der Waals surface area contributed by atoms with E-state index in [1.807, 2.05) is 69.3 Å². The second kappa shape index (κ2) is 7.00. The Morgan fingerprint density at radius 3 is 2.60 bits per heavy atom. The van der Waals surface area contributed by atoms with Crippen molar-refractivity contribution in [2.45, 2.75) is 20.8 Å². The molecule has 5 aromatic rings. The fraction of sp³-hybridized carbons (Fsp3) is 0.136. The van der Waals surface area contributed by atoms with Crippen molar-refractivity contribution in [2.24, 2.45) is 0 Å². The molecule has 0 aliphatic rings. The first-order chi connectivity index (χ1) is 14.5. The minimum Gasteiger partial charge on any atom is -0.264 e. The van der Waals surface area contributed by atoms with Crippen LogP contribution in [0.3, 0.4) is 0 Å². The van der Waals surface area contributed by atoms with Gasteiger partial charge in [0.1, 0.15) is 0 Å². The van der Waals surface area contributed by atoms with Crippen LogP contribution in [0.1, 0.15) is 27.4 Å². The third-order valence-corrected chi connectivity index (χ3v) is 6.07. The Labute approximate surface area is 176 Å². The number of fused-ring (bicyclic) bond motifs is 2. The predicted octanol–water partition coefficient (Wildman–Crippen LogP) is 4.64. The van der Waals surface area contributed by atoms with Crippen molar-refractivity contribution >= 4 is 44.1 Å². The van der Waals surface area contributed by atoms with Crippen LogP contribution in [-0.4, -0.2) is 30.5 Å². The zero-order chi connectivity index (χ0) is 20.8. The van der Waals surface area contributed by atoms with E-state index in [-0.39, 0.29) is 11.7 Å². The molecule has 8 heteroatoms. The van der Waals surface area contributed by atoms with Crippen LogP contribution < -0.4 is 4.90 Å². The second-order valence-electron chi connectivity index (χ2n) is 7.11. The number of carbonyl (C=O) groups is 1. The van der Waals surface area contributed by atoms with E-state index in [0.717, 1.165) is 32.7 Å². The summed E-state index contributed by atoms with van der Waals surface area (Å²) < 4.78 is 2.58. The van der Waals surface area contributed by atoms with Gasteiger partial charge in [-0.15, -0.1) is 5.10 Å². The van der Waals surface area contributed by atoms with Gasteiger partial charge in [0.25, 0.3) is 5.78 Å². The van der Waals surface area contributed by atoms with Gasteiger partial charge in [-0.2, -0.15) is 4.98 Å². The molecule has 0 N–H and O–H groups in total. The van der Waals surface area contributed by atoms with Crippen LogP contribution in [0.2, 0.25) is 0 Å². The van der Waals surface area contributed by atoms with Crippen molar-refractivity contribution in [3.8, 4) is 0 Å². The minimum absolute atomic E-state index is 0.0780. The average Bonchev–Trinajstić information content (AvgIpc) is 3.35. The maximum Gasteiger partial charge on any atom is 0.304 e. The van der Waals surface area contributed by atoms with Gasteiger partial charge in [0.15, 0.2) is 5.13 Å². The Morgan fingerprint density at radius 2 is 1.83 bits per heavy atom. The van der Waals surface area contributed by atoms with Gasteiger partial charge in [-0.05, 0) is 62.2 Å². The molecule has 1 amide bonds. The molecule has 7 nitrogen and oxygen atoms in total. The molecular weight excluding hydrogens is 396 g/mol. The first-order valence-corrected chi connectivity index (χ1v) is 10.3. The molecule has 3 heterocycles. The van der Waals surface area contributed by atoms with Crippen molar-refractivity contribution in [3.63, 3.8) is 0 Å². The van der Waals surface area contributed by atoms with Gasteiger partial charge in [-0.3, -0.25) is 4.79 Å². The number of amides is 1. The lowest BCUT2D eigenvalue weighted by Gasteiger charge is -2.19. The molecule has 0 saturated heterocycles. The second-order valence-corrected chi connectivity index (χ2v) is 8.12. The number of para-hydroxylation sites is 1. The molecule has 0 bridgehead atoms. The van der Waals surface area contributed by atoms with Crippen LogP contribution >= 0.6 is 11.3 Å². The number of benzene rings is 2. The van der Waals surface area contributed by atoms with Crippen LogP contribution in [0.5, 0.6) is 0 Å². The lowest BCUT2D eigenvalue weighted by molar-refractivity contribution is 0.0989. The average molecular weight is 414 g/mol. The maximum absolute atomic E-state index is 13.6. The topological polar surface area (TPSA) is 76.3 Å². The van der Waals surface area contributed by atoms with Gasteiger partial charge in [-0.25, -0.2) is 19.4 Å². The van der Waals surface area contributed by atoms with Crippen molar-refractivity contribution in [3.05, 3.63) is 77.4 Å². The molecule has 148 valence electrons. The third-order valence-electron chi connectivity index (χ3n) is 5.05. The van der Waals surface area contributed by atoms with Gasteiger partial charge >= 0.3 is 5.91 Å². The molecule has 0 aliphatic heterocycles. The van der Waals surface area contributed by atoms with E-state index < -0.39 is 0 Å². The van der Waals surface area contributed by atoms with E-state index in [2.05, 4.69) is 15.1 Å². The van der Waals surface area contributed by atoms with Crippen LogP contribution in [-0.2, 0) is 0 Å². The molecule has 30 heavy (non-hydrogen) atoms. The van der Waals surface area contributed by atoms with E-state index in [1.165, 1.54) is 11.3 Å². The summed E-state index contributed by atoms with van der Waals surface area (Å²) in [5.41, 5.74) is 4.67. The number of carbonyl (C=O) groups excluding carboxylic acids is 1. The highest BCUT2D eigenvalue weighted by atomic mass is 32.1. The number of aromatic nitrogens is 5. The van der Waals surface area contributed by atoms with Crippen LogP contribution in [0.25, 0.3) is 16.0 Å². The van der Waals surface area contributed by atoms with Crippen LogP contribution in [0.15, 0.2) is 54.7 Å². The molecule has 0 aliphatic carbocycles. The molecule has 0 atom stereocenters. The lowest BCUT2D eigenvalue weighted by Crippen LogP contribution is -2.27. The summed E-state index contributed by atoms with van der Waals surface area (Å²) in [6, 6.07) is 15.6.